The Morgan fingerprint density at radius 2 is 1.93 bits per heavy atom. The molecule has 2 aromatic rings. The first-order chi connectivity index (χ1) is 7.36. The molecule has 78 valence electrons. The molecule has 0 amide bonds. The van der Waals surface area contributed by atoms with Gasteiger partial charge in [-0.05, 0) is 23.8 Å². The maximum atomic E-state index is 5.52. The van der Waals surface area contributed by atoms with E-state index in [4.69, 9.17) is 9.15 Å². The van der Waals surface area contributed by atoms with E-state index in [9.17, 15) is 0 Å². The minimum atomic E-state index is 0.508. The van der Waals surface area contributed by atoms with Crippen LogP contribution < -0.4 is 0 Å². The molecule has 0 unspecified atom stereocenters. The Morgan fingerprint density at radius 1 is 1.07 bits per heavy atom. The number of rotatable bonds is 4. The summed E-state index contributed by atoms with van der Waals surface area (Å²) >= 11 is 3.47. The van der Waals surface area contributed by atoms with Crippen LogP contribution in [0.25, 0.3) is 0 Å². The van der Waals surface area contributed by atoms with E-state index in [0.29, 0.717) is 13.2 Å². The third-order valence-electron chi connectivity index (χ3n) is 2.04. The van der Waals surface area contributed by atoms with Crippen molar-refractivity contribution in [2.45, 2.75) is 13.2 Å². The van der Waals surface area contributed by atoms with E-state index in [-0.39, 0.29) is 0 Å². The molecule has 0 saturated heterocycles. The molecule has 0 radical (unpaired) electrons. The zero-order chi connectivity index (χ0) is 10.5. The minimum Gasteiger partial charge on any atom is -0.467 e. The highest BCUT2D eigenvalue weighted by molar-refractivity contribution is 9.10. The number of ether oxygens (including phenoxy) is 1. The molecular formula is C12H11BrO2. The summed E-state index contributed by atoms with van der Waals surface area (Å²) in [6.07, 6.45) is 1.65. The molecule has 1 aromatic heterocycles. The van der Waals surface area contributed by atoms with E-state index in [1.54, 1.807) is 6.26 Å². The zero-order valence-corrected chi connectivity index (χ0v) is 9.74. The van der Waals surface area contributed by atoms with Crippen LogP contribution in [-0.2, 0) is 18.0 Å². The Balaban J connectivity index is 1.86. The van der Waals surface area contributed by atoms with Crippen molar-refractivity contribution in [3.63, 3.8) is 0 Å². The van der Waals surface area contributed by atoms with Gasteiger partial charge in [-0.3, -0.25) is 0 Å². The average molecular weight is 267 g/mol. The van der Waals surface area contributed by atoms with Crippen LogP contribution in [0.3, 0.4) is 0 Å². The van der Waals surface area contributed by atoms with Gasteiger partial charge in [0, 0.05) is 4.47 Å². The Morgan fingerprint density at radius 3 is 2.67 bits per heavy atom. The molecule has 0 aliphatic rings. The molecule has 0 bridgehead atoms. The summed E-state index contributed by atoms with van der Waals surface area (Å²) in [5.74, 6) is 0.849. The summed E-state index contributed by atoms with van der Waals surface area (Å²) in [6, 6.07) is 11.8. The van der Waals surface area contributed by atoms with Gasteiger partial charge in [-0.25, -0.2) is 0 Å². The highest BCUT2D eigenvalue weighted by atomic mass is 79.9. The second-order valence-corrected chi connectivity index (χ2v) is 4.02. The van der Waals surface area contributed by atoms with Crippen LogP contribution in [0.4, 0.5) is 0 Å². The average Bonchev–Trinajstić information content (AvgIpc) is 2.74. The number of furan rings is 1. The molecule has 1 heterocycles. The van der Waals surface area contributed by atoms with Crippen molar-refractivity contribution in [2.75, 3.05) is 0 Å². The lowest BCUT2D eigenvalue weighted by molar-refractivity contribution is 0.0926. The van der Waals surface area contributed by atoms with E-state index in [1.165, 1.54) is 0 Å². The molecule has 1 aromatic carbocycles. The predicted octanol–water partition coefficient (Wildman–Crippen LogP) is 3.76. The van der Waals surface area contributed by atoms with Crippen LogP contribution in [0.2, 0.25) is 0 Å². The molecule has 0 fully saturated rings. The van der Waals surface area contributed by atoms with Gasteiger partial charge in [-0.2, -0.15) is 0 Å². The summed E-state index contributed by atoms with van der Waals surface area (Å²) in [5, 5.41) is 0. The Bertz CT molecular complexity index is 409. The summed E-state index contributed by atoms with van der Waals surface area (Å²) in [7, 11) is 0. The van der Waals surface area contributed by atoms with E-state index >= 15 is 0 Å². The Kier molecular flexibility index (Phi) is 3.59. The van der Waals surface area contributed by atoms with Crippen molar-refractivity contribution in [3.05, 3.63) is 58.5 Å². The van der Waals surface area contributed by atoms with Crippen molar-refractivity contribution in [3.8, 4) is 0 Å². The molecule has 0 spiro atoms. The largest absolute Gasteiger partial charge is 0.467 e. The number of benzene rings is 1. The van der Waals surface area contributed by atoms with Crippen molar-refractivity contribution >= 4 is 15.9 Å². The van der Waals surface area contributed by atoms with Crippen LogP contribution in [0, 0.1) is 0 Å². The summed E-state index contributed by atoms with van der Waals surface area (Å²) in [4.78, 5) is 0. The molecule has 0 atom stereocenters. The maximum Gasteiger partial charge on any atom is 0.129 e. The first-order valence-corrected chi connectivity index (χ1v) is 5.49. The van der Waals surface area contributed by atoms with Gasteiger partial charge in [-0.1, -0.05) is 34.1 Å². The van der Waals surface area contributed by atoms with Gasteiger partial charge in [0.05, 0.1) is 12.9 Å². The van der Waals surface area contributed by atoms with E-state index < -0.39 is 0 Å². The molecule has 15 heavy (non-hydrogen) atoms. The van der Waals surface area contributed by atoms with Crippen LogP contribution >= 0.6 is 15.9 Å². The van der Waals surface area contributed by atoms with Gasteiger partial charge in [-0.15, -0.1) is 0 Å². The van der Waals surface area contributed by atoms with E-state index in [1.807, 2.05) is 36.4 Å². The zero-order valence-electron chi connectivity index (χ0n) is 8.15. The van der Waals surface area contributed by atoms with Crippen LogP contribution in [-0.4, -0.2) is 0 Å². The molecule has 2 rings (SSSR count). The second kappa shape index (κ2) is 5.14. The van der Waals surface area contributed by atoms with Crippen LogP contribution in [0.15, 0.2) is 51.6 Å². The Hall–Kier alpha value is -1.06. The van der Waals surface area contributed by atoms with Gasteiger partial charge in [0.1, 0.15) is 12.4 Å². The fourth-order valence-corrected chi connectivity index (χ4v) is 1.67. The molecule has 0 aliphatic carbocycles. The SMILES string of the molecule is Brc1ccccc1COCc1ccco1. The maximum absolute atomic E-state index is 5.52. The minimum absolute atomic E-state index is 0.508. The lowest BCUT2D eigenvalue weighted by atomic mass is 10.2. The topological polar surface area (TPSA) is 22.4 Å². The van der Waals surface area contributed by atoms with Gasteiger partial charge in [0.25, 0.3) is 0 Å². The first-order valence-electron chi connectivity index (χ1n) is 4.70. The van der Waals surface area contributed by atoms with Crippen LogP contribution in [0.1, 0.15) is 11.3 Å². The highest BCUT2D eigenvalue weighted by Crippen LogP contribution is 2.17. The summed E-state index contributed by atoms with van der Waals surface area (Å²) in [6.45, 7) is 1.09. The molecule has 0 saturated carbocycles. The molecule has 0 aliphatic heterocycles. The number of halogens is 1. The van der Waals surface area contributed by atoms with Crippen molar-refractivity contribution < 1.29 is 9.15 Å². The van der Waals surface area contributed by atoms with E-state index in [2.05, 4.69) is 15.9 Å². The highest BCUT2D eigenvalue weighted by Gasteiger charge is 1.99. The lowest BCUT2D eigenvalue weighted by Crippen LogP contribution is -1.93. The van der Waals surface area contributed by atoms with Crippen molar-refractivity contribution in [1.82, 2.24) is 0 Å². The standard InChI is InChI=1S/C12H11BrO2/c13-12-6-2-1-4-10(12)8-14-9-11-5-3-7-15-11/h1-7H,8-9H2. The Labute approximate surface area is 97.0 Å². The van der Waals surface area contributed by atoms with Crippen LogP contribution in [0.5, 0.6) is 0 Å². The normalized spacial score (nSPS) is 10.5. The molecule has 3 heteroatoms. The quantitative estimate of drug-likeness (QED) is 0.841. The lowest BCUT2D eigenvalue weighted by Gasteiger charge is -2.04. The second-order valence-electron chi connectivity index (χ2n) is 3.16. The summed E-state index contributed by atoms with van der Waals surface area (Å²) < 4.78 is 11.8. The molecular weight excluding hydrogens is 256 g/mol. The van der Waals surface area contributed by atoms with Crippen molar-refractivity contribution in [1.29, 1.82) is 0 Å². The third kappa shape index (κ3) is 2.94. The van der Waals surface area contributed by atoms with Gasteiger partial charge in [0.15, 0.2) is 0 Å². The number of hydrogen-bond acceptors (Lipinski definition) is 2. The van der Waals surface area contributed by atoms with E-state index in [0.717, 1.165) is 15.8 Å². The first kappa shape index (κ1) is 10.5. The molecule has 0 N–H and O–H groups in total. The smallest absolute Gasteiger partial charge is 0.129 e. The molecule has 2 nitrogen and oxygen atoms in total. The fraction of sp³-hybridized carbons (Fsp3) is 0.167. The van der Waals surface area contributed by atoms with Crippen molar-refractivity contribution in [2.24, 2.45) is 0 Å². The monoisotopic (exact) mass is 266 g/mol. The van der Waals surface area contributed by atoms with Gasteiger partial charge < -0.3 is 9.15 Å². The fourth-order valence-electron chi connectivity index (χ4n) is 1.27. The van der Waals surface area contributed by atoms with Gasteiger partial charge in [0.2, 0.25) is 0 Å². The number of hydrogen-bond donors (Lipinski definition) is 0. The third-order valence-corrected chi connectivity index (χ3v) is 2.81. The predicted molar refractivity (Wildman–Crippen MR) is 61.3 cm³/mol. The summed E-state index contributed by atoms with van der Waals surface area (Å²) in [5.41, 5.74) is 1.14. The van der Waals surface area contributed by atoms with Gasteiger partial charge >= 0.3 is 0 Å².